The highest BCUT2D eigenvalue weighted by atomic mass is 19.1. The third kappa shape index (κ3) is 18.4. The smallest absolute Gasteiger partial charge is 0.246 e. The summed E-state index contributed by atoms with van der Waals surface area (Å²) in [5.41, 5.74) is 8.08. The Bertz CT molecular complexity index is 3290. The largest absolute Gasteiger partial charge is 0.393 e. The summed E-state index contributed by atoms with van der Waals surface area (Å²) in [4.78, 5) is 73.5. The van der Waals surface area contributed by atoms with Crippen LogP contribution in [-0.4, -0.2) is 115 Å². The van der Waals surface area contributed by atoms with Gasteiger partial charge < -0.3 is 45.5 Å². The minimum Gasteiger partial charge on any atom is -0.393 e. The van der Waals surface area contributed by atoms with Gasteiger partial charge in [-0.25, -0.2) is 4.98 Å². The van der Waals surface area contributed by atoms with E-state index in [-0.39, 0.29) is 56.2 Å². The zero-order chi connectivity index (χ0) is 61.8. The number of fused-ring (bicyclic) bond motifs is 1. The lowest BCUT2D eigenvalue weighted by atomic mass is 9.85. The monoisotopic (exact) mass is 1180 g/mol. The first-order valence-electron chi connectivity index (χ1n) is 30.9. The summed E-state index contributed by atoms with van der Waals surface area (Å²) >= 11 is 0. The van der Waals surface area contributed by atoms with Gasteiger partial charge in [-0.2, -0.15) is 0 Å². The molecule has 86 heavy (non-hydrogen) atoms. The van der Waals surface area contributed by atoms with Crippen molar-refractivity contribution in [3.63, 3.8) is 0 Å². The van der Waals surface area contributed by atoms with Crippen LogP contribution in [0.5, 0.6) is 0 Å². The fourth-order valence-corrected chi connectivity index (χ4v) is 11.6. The second-order valence-corrected chi connectivity index (χ2v) is 24.4. The number of β-amino-alcohol motifs (C(OH)–C–C–N with tert-alkyl or cyclic N) is 1. The molecule has 0 bridgehead atoms. The molecule has 17 heteroatoms. The Kier molecular flexibility index (Phi) is 24.6. The number of hydrogen-bond donors (Lipinski definition) is 7. The molecule has 1 unspecified atom stereocenters. The molecule has 3 heterocycles. The quantitative estimate of drug-likeness (QED) is 0.0152. The van der Waals surface area contributed by atoms with E-state index in [4.69, 9.17) is 4.98 Å². The molecule has 0 spiro atoms. The van der Waals surface area contributed by atoms with Gasteiger partial charge >= 0.3 is 0 Å². The number of carbonyl (C=O) groups excluding carboxylic acids is 5. The second-order valence-electron chi connectivity index (χ2n) is 24.4. The van der Waals surface area contributed by atoms with Crippen molar-refractivity contribution in [2.45, 2.75) is 187 Å². The average Bonchev–Trinajstić information content (AvgIpc) is 1.59. The topological polar surface area (TPSA) is 224 Å². The van der Waals surface area contributed by atoms with Crippen molar-refractivity contribution in [1.82, 2.24) is 40.3 Å². The lowest BCUT2D eigenvalue weighted by Gasteiger charge is -2.35. The zero-order valence-corrected chi connectivity index (χ0v) is 51.2. The van der Waals surface area contributed by atoms with Gasteiger partial charge in [-0.15, -0.1) is 0 Å². The molecular formula is C69H90FN9O7. The maximum atomic E-state index is 14.1. The van der Waals surface area contributed by atoms with Crippen molar-refractivity contribution in [3.8, 4) is 34.2 Å². The van der Waals surface area contributed by atoms with Crippen LogP contribution in [0.15, 0.2) is 115 Å². The van der Waals surface area contributed by atoms with Gasteiger partial charge in [0.15, 0.2) is 0 Å². The number of hydrogen-bond acceptors (Lipinski definition) is 9. The third-order valence-corrected chi connectivity index (χ3v) is 16.1. The number of amides is 5. The van der Waals surface area contributed by atoms with Crippen molar-refractivity contribution in [3.05, 3.63) is 131 Å². The van der Waals surface area contributed by atoms with Crippen LogP contribution in [0.2, 0.25) is 0 Å². The SMILES string of the molecule is C/C=C(\C=C(C)C)[C@H](CC(=O)NCCCCCC(=O)NCCCCC#Cc1cccc(Cn2c(-c3ccccc3)c(-c3ccccc3)c3c(=N)n(C4CCC(O)CC4)cnc32)c1)NC(=O)[C@@H]1C[C@@H](O)CN1C(=O)C(NC(=O)CCCCF)C(C)(C)C. The number of halogens is 1. The Morgan fingerprint density at radius 1 is 0.791 bits per heavy atom. The van der Waals surface area contributed by atoms with E-state index in [2.05, 4.69) is 74.1 Å². The van der Waals surface area contributed by atoms with Crippen molar-refractivity contribution in [2.75, 3.05) is 26.3 Å². The molecule has 1 aliphatic heterocycles. The number of alkyl halides is 1. The predicted octanol–water partition coefficient (Wildman–Crippen LogP) is 9.91. The van der Waals surface area contributed by atoms with Gasteiger partial charge in [0.25, 0.3) is 0 Å². The summed E-state index contributed by atoms with van der Waals surface area (Å²) in [5.74, 6) is 4.98. The molecule has 2 fully saturated rings. The Morgan fingerprint density at radius 3 is 2.13 bits per heavy atom. The molecule has 16 nitrogen and oxygen atoms in total. The van der Waals surface area contributed by atoms with E-state index in [0.717, 1.165) is 82.2 Å². The van der Waals surface area contributed by atoms with E-state index in [9.17, 15) is 44.0 Å². The standard InChI is InChI=1S/C69H90FN9O7/c1-7-50(40-47(2)3)56(75-67(85)57-42-55(81)45-77(57)68(86)64(69(4,5)6)76-59(83)32-19-20-37-70)43-60(84)73-39-22-12-18-31-58(82)72-38-21-9-8-13-24-48-25-23-26-49(41-48)44-78-63(52-29-16-11-17-30-52)61(51-27-14-10-15-28-51)62-65(71)79(46-74-66(62)78)53-33-35-54(80)36-34-53/h7,10-11,14-17,23,25-30,40-41,46,53-57,64,71,80-81H,8-9,12,18-22,31-39,42-45H2,1-6H3,(H,72,82)(H,73,84)(H,75,85)(H,76,83)/b50-7+,71-65?/t53?,54?,55-,56+,57+,64?/m1/s1. The molecule has 460 valence electrons. The maximum Gasteiger partial charge on any atom is 0.246 e. The summed E-state index contributed by atoms with van der Waals surface area (Å²) in [6.45, 7) is 11.9. The van der Waals surface area contributed by atoms with Gasteiger partial charge in [-0.05, 0) is 125 Å². The molecule has 2 aliphatic rings. The van der Waals surface area contributed by atoms with E-state index >= 15 is 0 Å². The van der Waals surface area contributed by atoms with Crippen LogP contribution < -0.4 is 26.8 Å². The minimum absolute atomic E-state index is 0.00946. The van der Waals surface area contributed by atoms with E-state index in [0.29, 0.717) is 75.6 Å². The maximum absolute atomic E-state index is 14.1. The average molecular weight is 1180 g/mol. The number of carbonyl (C=O) groups is 5. The van der Waals surface area contributed by atoms with Gasteiger partial charge in [0.05, 0.1) is 48.8 Å². The van der Waals surface area contributed by atoms with E-state index in [1.807, 2.05) is 92.3 Å². The number of likely N-dealkylation sites (tertiary alicyclic amines) is 1. The van der Waals surface area contributed by atoms with Crippen LogP contribution >= 0.6 is 0 Å². The fourth-order valence-electron chi connectivity index (χ4n) is 11.6. The van der Waals surface area contributed by atoms with Crippen LogP contribution in [0.3, 0.4) is 0 Å². The lowest BCUT2D eigenvalue weighted by Crippen LogP contribution is -2.58. The first-order valence-corrected chi connectivity index (χ1v) is 30.9. The Morgan fingerprint density at radius 2 is 1.45 bits per heavy atom. The van der Waals surface area contributed by atoms with Crippen molar-refractivity contribution < 1.29 is 38.6 Å². The number of nitrogens with one attached hydrogen (secondary N) is 5. The highest BCUT2D eigenvalue weighted by Gasteiger charge is 2.45. The summed E-state index contributed by atoms with van der Waals surface area (Å²) < 4.78 is 16.9. The molecule has 1 aliphatic carbocycles. The van der Waals surface area contributed by atoms with Gasteiger partial charge in [-0.1, -0.05) is 130 Å². The summed E-state index contributed by atoms with van der Waals surface area (Å²) in [5, 5.41) is 43.3. The van der Waals surface area contributed by atoms with Gasteiger partial charge in [0.2, 0.25) is 29.5 Å². The first-order chi connectivity index (χ1) is 41.4. The number of rotatable bonds is 27. The van der Waals surface area contributed by atoms with Crippen LogP contribution in [0.1, 0.15) is 161 Å². The molecule has 7 rings (SSSR count). The number of nitrogens with zero attached hydrogens (tertiary/aromatic N) is 4. The molecule has 1 saturated heterocycles. The summed E-state index contributed by atoms with van der Waals surface area (Å²) in [6, 6.07) is 26.2. The Balaban J connectivity index is 0.860. The van der Waals surface area contributed by atoms with E-state index in [1.54, 1.807) is 20.8 Å². The van der Waals surface area contributed by atoms with Crippen molar-refractivity contribution in [2.24, 2.45) is 5.41 Å². The van der Waals surface area contributed by atoms with Crippen LogP contribution in [0.4, 0.5) is 4.39 Å². The zero-order valence-electron chi connectivity index (χ0n) is 51.2. The molecule has 5 amide bonds. The van der Waals surface area contributed by atoms with E-state index in [1.165, 1.54) is 4.90 Å². The number of allylic oxidation sites excluding steroid dienone is 2. The number of aliphatic hydroxyl groups is 2. The van der Waals surface area contributed by atoms with Crippen LogP contribution in [0, 0.1) is 22.7 Å². The Labute approximate surface area is 507 Å². The lowest BCUT2D eigenvalue weighted by molar-refractivity contribution is -0.144. The van der Waals surface area contributed by atoms with Crippen molar-refractivity contribution >= 4 is 40.6 Å². The second kappa shape index (κ2) is 32.2. The molecule has 3 aromatic carbocycles. The van der Waals surface area contributed by atoms with E-state index < -0.39 is 54.0 Å². The molecule has 0 radical (unpaired) electrons. The summed E-state index contributed by atoms with van der Waals surface area (Å²) in [6.07, 6.45) is 12.5. The minimum atomic E-state index is -1.04. The molecule has 1 saturated carbocycles. The van der Waals surface area contributed by atoms with Crippen molar-refractivity contribution in [1.29, 1.82) is 5.41 Å². The number of benzene rings is 3. The molecule has 4 atom stereocenters. The summed E-state index contributed by atoms with van der Waals surface area (Å²) in [7, 11) is 0. The first kappa shape index (κ1) is 65.9. The van der Waals surface area contributed by atoms with Crippen LogP contribution in [0.25, 0.3) is 33.4 Å². The highest BCUT2D eigenvalue weighted by molar-refractivity contribution is 6.03. The number of aromatic nitrogens is 3. The predicted molar refractivity (Wildman–Crippen MR) is 336 cm³/mol. The molecule has 5 aromatic rings. The Hall–Kier alpha value is -7.68. The fraction of sp³-hybridized carbons (Fsp3) is 0.493. The van der Waals surface area contributed by atoms with Gasteiger partial charge in [0.1, 0.15) is 23.2 Å². The normalized spacial score (nSPS) is 17.7. The highest BCUT2D eigenvalue weighted by Crippen LogP contribution is 2.40. The number of unbranched alkanes of at least 4 members (excludes halogenated alkanes) is 5. The van der Waals surface area contributed by atoms with Crippen LogP contribution in [-0.2, 0) is 30.5 Å². The molecule has 2 aromatic heterocycles. The molecule has 7 N–H and O–H groups in total. The molecular weight excluding hydrogens is 1090 g/mol. The number of aliphatic hydroxyl groups excluding tert-OH is 2. The third-order valence-electron chi connectivity index (χ3n) is 16.1. The van der Waals surface area contributed by atoms with Gasteiger partial charge in [0, 0.05) is 69.0 Å². The van der Waals surface area contributed by atoms with Gasteiger partial charge in [-0.3, -0.25) is 33.8 Å².